The number of likely N-dealkylation sites (N-methyl/N-ethyl adjacent to an activating group) is 1. The normalized spacial score (nSPS) is 11.1. The highest BCUT2D eigenvalue weighted by atomic mass is 35.5. The molecule has 0 saturated heterocycles. The Bertz CT molecular complexity index is 486. The zero-order valence-electron chi connectivity index (χ0n) is 11.8. The highest BCUT2D eigenvalue weighted by molar-refractivity contribution is 6.30. The Morgan fingerprint density at radius 3 is 2.35 bits per heavy atom. The molecule has 5 nitrogen and oxygen atoms in total. The predicted octanol–water partition coefficient (Wildman–Crippen LogP) is 1.30. The number of rotatable bonds is 5. The topological polar surface area (TPSA) is 69.6 Å². The van der Waals surface area contributed by atoms with E-state index >= 15 is 0 Å². The summed E-state index contributed by atoms with van der Waals surface area (Å²) in [5.74, 6) is -0.614. The lowest BCUT2D eigenvalue weighted by Crippen LogP contribution is -2.50. The summed E-state index contributed by atoms with van der Waals surface area (Å²) in [6.45, 7) is 3.21. The van der Waals surface area contributed by atoms with Crippen LogP contribution in [-0.4, -0.2) is 47.6 Å². The number of benzene rings is 1. The molecule has 0 aromatic heterocycles. The van der Waals surface area contributed by atoms with Crippen LogP contribution >= 0.6 is 11.6 Å². The van der Waals surface area contributed by atoms with E-state index in [2.05, 4.69) is 5.32 Å². The van der Waals surface area contributed by atoms with Gasteiger partial charge in [-0.05, 0) is 38.1 Å². The van der Waals surface area contributed by atoms with Gasteiger partial charge in [0.2, 0.25) is 5.91 Å². The molecule has 0 aliphatic carbocycles. The van der Waals surface area contributed by atoms with E-state index in [-0.39, 0.29) is 25.0 Å². The molecule has 1 aromatic rings. The van der Waals surface area contributed by atoms with Crippen molar-refractivity contribution < 1.29 is 14.7 Å². The van der Waals surface area contributed by atoms with E-state index in [0.717, 1.165) is 0 Å². The molecule has 2 N–H and O–H groups in total. The molecule has 1 aromatic carbocycles. The molecule has 0 aliphatic heterocycles. The molecule has 0 radical (unpaired) electrons. The monoisotopic (exact) mass is 298 g/mol. The number of nitrogens with zero attached hydrogens (tertiary/aromatic N) is 1. The molecule has 2 amide bonds. The molecule has 0 aliphatic rings. The molecule has 110 valence electrons. The molecule has 0 spiro atoms. The van der Waals surface area contributed by atoms with Gasteiger partial charge in [-0.3, -0.25) is 9.59 Å². The summed E-state index contributed by atoms with van der Waals surface area (Å²) in [7, 11) is 1.59. The largest absolute Gasteiger partial charge is 0.394 e. The van der Waals surface area contributed by atoms with E-state index in [1.807, 2.05) is 0 Å². The third kappa shape index (κ3) is 4.21. The van der Waals surface area contributed by atoms with Crippen LogP contribution in [0.15, 0.2) is 24.3 Å². The fraction of sp³-hybridized carbons (Fsp3) is 0.429. The van der Waals surface area contributed by atoms with Crippen molar-refractivity contribution in [3.05, 3.63) is 34.9 Å². The minimum atomic E-state index is -0.665. The van der Waals surface area contributed by atoms with E-state index in [1.165, 1.54) is 4.90 Å². The first-order chi connectivity index (χ1) is 9.27. The number of aliphatic hydroxyl groups is 1. The van der Waals surface area contributed by atoms with Crippen LogP contribution in [-0.2, 0) is 4.79 Å². The van der Waals surface area contributed by atoms with Crippen LogP contribution in [0.1, 0.15) is 24.2 Å². The average molecular weight is 299 g/mol. The summed E-state index contributed by atoms with van der Waals surface area (Å²) in [6.07, 6.45) is 0. The minimum Gasteiger partial charge on any atom is -0.394 e. The summed E-state index contributed by atoms with van der Waals surface area (Å²) in [5, 5.41) is 12.3. The molecule has 0 atom stereocenters. The average Bonchev–Trinajstić information content (AvgIpc) is 2.44. The number of hydrogen-bond donors (Lipinski definition) is 2. The van der Waals surface area contributed by atoms with Crippen LogP contribution in [0.3, 0.4) is 0 Å². The zero-order valence-corrected chi connectivity index (χ0v) is 12.6. The molecule has 0 fully saturated rings. The Morgan fingerprint density at radius 2 is 1.85 bits per heavy atom. The van der Waals surface area contributed by atoms with Gasteiger partial charge in [-0.25, -0.2) is 0 Å². The quantitative estimate of drug-likeness (QED) is 0.861. The van der Waals surface area contributed by atoms with Crippen LogP contribution < -0.4 is 5.32 Å². The first-order valence-corrected chi connectivity index (χ1v) is 6.57. The molecule has 6 heteroatoms. The van der Waals surface area contributed by atoms with Gasteiger partial charge >= 0.3 is 0 Å². The highest BCUT2D eigenvalue weighted by Gasteiger charge is 2.26. The van der Waals surface area contributed by atoms with Crippen molar-refractivity contribution in [3.63, 3.8) is 0 Å². The molecule has 0 heterocycles. The van der Waals surface area contributed by atoms with Gasteiger partial charge in [0, 0.05) is 17.6 Å². The van der Waals surface area contributed by atoms with Crippen molar-refractivity contribution >= 4 is 23.4 Å². The first kappa shape index (κ1) is 16.5. The fourth-order valence-corrected chi connectivity index (χ4v) is 1.55. The number of amides is 2. The van der Waals surface area contributed by atoms with Crippen molar-refractivity contribution in [1.29, 1.82) is 0 Å². The number of carbonyl (C=O) groups is 2. The van der Waals surface area contributed by atoms with Gasteiger partial charge < -0.3 is 15.3 Å². The Morgan fingerprint density at radius 1 is 1.30 bits per heavy atom. The second-order valence-electron chi connectivity index (χ2n) is 5.11. The summed E-state index contributed by atoms with van der Waals surface area (Å²) in [4.78, 5) is 25.2. The van der Waals surface area contributed by atoms with Gasteiger partial charge in [0.05, 0.1) is 18.7 Å². The second kappa shape index (κ2) is 6.72. The molecular formula is C14H19ClN2O3. The van der Waals surface area contributed by atoms with E-state index in [0.29, 0.717) is 10.6 Å². The minimum absolute atomic E-state index is 0.124. The van der Waals surface area contributed by atoms with Crippen LogP contribution in [0.25, 0.3) is 0 Å². The van der Waals surface area contributed by atoms with Crippen molar-refractivity contribution in [1.82, 2.24) is 10.2 Å². The summed E-state index contributed by atoms with van der Waals surface area (Å²) >= 11 is 5.74. The van der Waals surface area contributed by atoms with E-state index in [4.69, 9.17) is 11.6 Å². The van der Waals surface area contributed by atoms with Crippen LogP contribution in [0, 0.1) is 0 Å². The second-order valence-corrected chi connectivity index (χ2v) is 5.55. The molecule has 0 unspecified atom stereocenters. The van der Waals surface area contributed by atoms with Gasteiger partial charge in [0.25, 0.3) is 5.91 Å². The van der Waals surface area contributed by atoms with Crippen molar-refractivity contribution in [3.8, 4) is 0 Å². The highest BCUT2D eigenvalue weighted by Crippen LogP contribution is 2.11. The summed E-state index contributed by atoms with van der Waals surface area (Å²) in [5.41, 5.74) is -0.228. The van der Waals surface area contributed by atoms with Crippen LogP contribution in [0.2, 0.25) is 5.02 Å². The lowest BCUT2D eigenvalue weighted by Gasteiger charge is -2.33. The SMILES string of the molecule is CN(C(=O)CNC(=O)c1ccc(Cl)cc1)C(C)(C)CO. The maximum absolute atomic E-state index is 11.9. The Hall–Kier alpha value is -1.59. The lowest BCUT2D eigenvalue weighted by atomic mass is 10.1. The molecule has 1 rings (SSSR count). The molecule has 0 saturated carbocycles. The number of hydrogen-bond acceptors (Lipinski definition) is 3. The number of nitrogens with one attached hydrogen (secondary N) is 1. The first-order valence-electron chi connectivity index (χ1n) is 6.19. The molecule has 0 bridgehead atoms. The Kier molecular flexibility index (Phi) is 5.53. The Balaban J connectivity index is 2.57. The van der Waals surface area contributed by atoms with Crippen molar-refractivity contribution in [2.75, 3.05) is 20.2 Å². The van der Waals surface area contributed by atoms with Crippen LogP contribution in [0.5, 0.6) is 0 Å². The standard InChI is InChI=1S/C14H19ClN2O3/c1-14(2,9-18)17(3)12(19)8-16-13(20)10-4-6-11(15)7-5-10/h4-7,18H,8-9H2,1-3H3,(H,16,20). The fourth-order valence-electron chi connectivity index (χ4n) is 1.42. The molecule has 20 heavy (non-hydrogen) atoms. The van der Waals surface area contributed by atoms with Gasteiger partial charge in [-0.15, -0.1) is 0 Å². The molecular weight excluding hydrogens is 280 g/mol. The summed E-state index contributed by atoms with van der Waals surface area (Å²) < 4.78 is 0. The number of halogens is 1. The van der Waals surface area contributed by atoms with E-state index in [1.54, 1.807) is 45.2 Å². The lowest BCUT2D eigenvalue weighted by molar-refractivity contribution is -0.134. The predicted molar refractivity (Wildman–Crippen MR) is 77.7 cm³/mol. The Labute approximate surface area is 123 Å². The van der Waals surface area contributed by atoms with Gasteiger partial charge in [-0.2, -0.15) is 0 Å². The third-order valence-corrected chi connectivity index (χ3v) is 3.43. The smallest absolute Gasteiger partial charge is 0.251 e. The van der Waals surface area contributed by atoms with Gasteiger partial charge in [0.15, 0.2) is 0 Å². The third-order valence-electron chi connectivity index (χ3n) is 3.18. The maximum Gasteiger partial charge on any atom is 0.251 e. The number of carbonyl (C=O) groups excluding carboxylic acids is 2. The van der Waals surface area contributed by atoms with Crippen molar-refractivity contribution in [2.45, 2.75) is 19.4 Å². The maximum atomic E-state index is 11.9. The van der Waals surface area contributed by atoms with Gasteiger partial charge in [-0.1, -0.05) is 11.6 Å². The van der Waals surface area contributed by atoms with Crippen molar-refractivity contribution in [2.24, 2.45) is 0 Å². The van der Waals surface area contributed by atoms with Crippen LogP contribution in [0.4, 0.5) is 0 Å². The summed E-state index contributed by atoms with van der Waals surface area (Å²) in [6, 6.07) is 6.39. The van der Waals surface area contributed by atoms with Gasteiger partial charge in [0.1, 0.15) is 0 Å². The van der Waals surface area contributed by atoms with E-state index < -0.39 is 5.54 Å². The van der Waals surface area contributed by atoms with E-state index in [9.17, 15) is 14.7 Å². The zero-order chi connectivity index (χ0) is 15.3. The number of aliphatic hydroxyl groups excluding tert-OH is 1.